The number of carboxylic acids is 1. The van der Waals surface area contributed by atoms with Crippen LogP contribution in [0.3, 0.4) is 0 Å². The van der Waals surface area contributed by atoms with Gasteiger partial charge in [-0.2, -0.15) is 0 Å². The number of benzene rings is 1. The Balaban J connectivity index is 0.000000364. The maximum absolute atomic E-state index is 10.2. The zero-order valence-electron chi connectivity index (χ0n) is 7.38. The molecule has 0 fully saturated rings. The van der Waals surface area contributed by atoms with Crippen LogP contribution >= 0.6 is 0 Å². The van der Waals surface area contributed by atoms with Crippen molar-refractivity contribution in [2.75, 3.05) is 0 Å². The molecule has 0 bridgehead atoms. The number of carbonyl (C=O) groups is 2. The highest BCUT2D eigenvalue weighted by Crippen LogP contribution is 1.98. The Morgan fingerprint density at radius 2 is 1.57 bits per heavy atom. The summed E-state index contributed by atoms with van der Waals surface area (Å²) in [6, 6.07) is 9.13. The van der Waals surface area contributed by atoms with Gasteiger partial charge in [0.2, 0.25) is 0 Å². The number of rotatable bonds is 2. The molecule has 0 spiro atoms. The third-order valence-corrected chi connectivity index (χ3v) is 1.20. The fourth-order valence-corrected chi connectivity index (χ4v) is 0.770. The summed E-state index contributed by atoms with van der Waals surface area (Å²) < 4.78 is 0. The SMILES string of the molecule is NC(=O)O.O=C(O)Cc1ccccc1. The zero-order chi connectivity index (χ0) is 11.0. The minimum absolute atomic E-state index is 0.112. The topological polar surface area (TPSA) is 101 Å². The Morgan fingerprint density at radius 1 is 1.14 bits per heavy atom. The molecule has 1 aromatic carbocycles. The molecule has 0 unspecified atom stereocenters. The summed E-state index contributed by atoms with van der Waals surface area (Å²) in [6.45, 7) is 0. The van der Waals surface area contributed by atoms with E-state index in [4.69, 9.17) is 15.0 Å². The molecule has 0 aliphatic heterocycles. The number of hydrogen-bond donors (Lipinski definition) is 3. The lowest BCUT2D eigenvalue weighted by atomic mass is 10.2. The first-order valence-electron chi connectivity index (χ1n) is 3.76. The molecular weight excluding hydrogens is 186 g/mol. The van der Waals surface area contributed by atoms with Gasteiger partial charge in [0, 0.05) is 0 Å². The van der Waals surface area contributed by atoms with Crippen LogP contribution in [0.1, 0.15) is 5.56 Å². The first kappa shape index (κ1) is 12.0. The summed E-state index contributed by atoms with van der Waals surface area (Å²) in [4.78, 5) is 18.9. The van der Waals surface area contributed by atoms with Crippen LogP contribution in [0, 0.1) is 0 Å². The van der Waals surface area contributed by atoms with Crippen LogP contribution in [-0.2, 0) is 11.2 Å². The minimum atomic E-state index is -1.33. The molecule has 1 rings (SSSR count). The van der Waals surface area contributed by atoms with Gasteiger partial charge >= 0.3 is 12.1 Å². The number of primary amides is 1. The van der Waals surface area contributed by atoms with Gasteiger partial charge in [-0.15, -0.1) is 0 Å². The molecule has 0 saturated heterocycles. The van der Waals surface area contributed by atoms with Gasteiger partial charge in [-0.1, -0.05) is 30.3 Å². The molecule has 0 heterocycles. The lowest BCUT2D eigenvalue weighted by Gasteiger charge is -1.92. The summed E-state index contributed by atoms with van der Waals surface area (Å²) in [6.07, 6.45) is -1.22. The van der Waals surface area contributed by atoms with E-state index >= 15 is 0 Å². The van der Waals surface area contributed by atoms with E-state index in [1.807, 2.05) is 18.2 Å². The molecule has 0 atom stereocenters. The van der Waals surface area contributed by atoms with Crippen molar-refractivity contribution in [2.45, 2.75) is 6.42 Å². The van der Waals surface area contributed by atoms with Crippen LogP contribution in [0.5, 0.6) is 0 Å². The molecule has 76 valence electrons. The van der Waals surface area contributed by atoms with Crippen molar-refractivity contribution < 1.29 is 19.8 Å². The molecule has 0 aliphatic carbocycles. The Bertz CT molecular complexity index is 293. The second-order valence-electron chi connectivity index (χ2n) is 2.39. The van der Waals surface area contributed by atoms with E-state index in [1.54, 1.807) is 12.1 Å². The normalized spacial score (nSPS) is 8.29. The lowest BCUT2D eigenvalue weighted by Crippen LogP contribution is -2.03. The molecule has 0 saturated carbocycles. The Hall–Kier alpha value is -2.04. The second kappa shape index (κ2) is 6.47. The van der Waals surface area contributed by atoms with Crippen molar-refractivity contribution in [3.8, 4) is 0 Å². The number of hydrogen-bond acceptors (Lipinski definition) is 2. The number of amides is 1. The zero-order valence-corrected chi connectivity index (χ0v) is 7.38. The molecule has 0 aromatic heterocycles. The van der Waals surface area contributed by atoms with Gasteiger partial charge in [0.25, 0.3) is 0 Å². The smallest absolute Gasteiger partial charge is 0.402 e. The van der Waals surface area contributed by atoms with Crippen LogP contribution < -0.4 is 5.73 Å². The standard InChI is InChI=1S/C8H8O2.CH3NO2/c9-8(10)6-7-4-2-1-3-5-7;2-1(3)4/h1-5H,6H2,(H,9,10);2H2,(H,3,4). The van der Waals surface area contributed by atoms with Crippen molar-refractivity contribution >= 4 is 12.1 Å². The quantitative estimate of drug-likeness (QED) is 0.656. The molecule has 1 aromatic rings. The van der Waals surface area contributed by atoms with Gasteiger partial charge in [0.15, 0.2) is 0 Å². The van der Waals surface area contributed by atoms with Crippen molar-refractivity contribution in [2.24, 2.45) is 5.73 Å². The monoisotopic (exact) mass is 197 g/mol. The van der Waals surface area contributed by atoms with Crippen molar-refractivity contribution in [1.29, 1.82) is 0 Å². The first-order chi connectivity index (χ1) is 6.52. The van der Waals surface area contributed by atoms with E-state index < -0.39 is 12.1 Å². The van der Waals surface area contributed by atoms with Crippen LogP contribution in [0.4, 0.5) is 4.79 Å². The van der Waals surface area contributed by atoms with Crippen LogP contribution in [0.2, 0.25) is 0 Å². The summed E-state index contributed by atoms with van der Waals surface area (Å²) in [5.74, 6) is -0.786. The predicted octanol–water partition coefficient (Wildman–Crippen LogP) is 0.937. The minimum Gasteiger partial charge on any atom is -0.481 e. The molecular formula is C9H11NO4. The largest absolute Gasteiger partial charge is 0.481 e. The fourth-order valence-electron chi connectivity index (χ4n) is 0.770. The van der Waals surface area contributed by atoms with E-state index in [0.29, 0.717) is 0 Å². The lowest BCUT2D eigenvalue weighted by molar-refractivity contribution is -0.136. The van der Waals surface area contributed by atoms with E-state index in [2.05, 4.69) is 5.73 Å². The Morgan fingerprint density at radius 3 is 1.93 bits per heavy atom. The van der Waals surface area contributed by atoms with E-state index in [-0.39, 0.29) is 6.42 Å². The summed E-state index contributed by atoms with van der Waals surface area (Å²) >= 11 is 0. The highest BCUT2D eigenvalue weighted by molar-refractivity contribution is 5.70. The van der Waals surface area contributed by atoms with Crippen molar-refractivity contribution in [3.63, 3.8) is 0 Å². The van der Waals surface area contributed by atoms with Crippen LogP contribution in [-0.4, -0.2) is 22.3 Å². The number of nitrogens with two attached hydrogens (primary N) is 1. The van der Waals surface area contributed by atoms with Gasteiger partial charge in [-0.3, -0.25) is 4.79 Å². The molecule has 0 aliphatic rings. The molecule has 5 nitrogen and oxygen atoms in total. The van der Waals surface area contributed by atoms with Gasteiger partial charge in [-0.25, -0.2) is 4.79 Å². The summed E-state index contributed by atoms with van der Waals surface area (Å²) in [5.41, 5.74) is 4.87. The van der Waals surface area contributed by atoms with Gasteiger partial charge < -0.3 is 15.9 Å². The predicted molar refractivity (Wildman–Crippen MR) is 50.0 cm³/mol. The Kier molecular flexibility index (Phi) is 5.53. The third-order valence-electron chi connectivity index (χ3n) is 1.20. The maximum atomic E-state index is 10.2. The maximum Gasteiger partial charge on any atom is 0.402 e. The molecule has 5 heteroatoms. The third kappa shape index (κ3) is 8.06. The summed E-state index contributed by atoms with van der Waals surface area (Å²) in [5, 5.41) is 15.6. The molecule has 14 heavy (non-hydrogen) atoms. The molecule has 0 radical (unpaired) electrons. The van der Waals surface area contributed by atoms with E-state index in [9.17, 15) is 4.79 Å². The number of aliphatic carboxylic acids is 1. The average Bonchev–Trinajstić information content (AvgIpc) is 2.03. The summed E-state index contributed by atoms with van der Waals surface area (Å²) in [7, 11) is 0. The molecule has 4 N–H and O–H groups in total. The van der Waals surface area contributed by atoms with Crippen molar-refractivity contribution in [1.82, 2.24) is 0 Å². The van der Waals surface area contributed by atoms with Gasteiger partial charge in [-0.05, 0) is 5.56 Å². The van der Waals surface area contributed by atoms with E-state index in [0.717, 1.165) is 5.56 Å². The number of carboxylic acid groups (broad SMARTS) is 2. The molecule has 1 amide bonds. The van der Waals surface area contributed by atoms with Gasteiger partial charge in [0.1, 0.15) is 0 Å². The highest BCUT2D eigenvalue weighted by Gasteiger charge is 1.96. The van der Waals surface area contributed by atoms with Crippen LogP contribution in [0.25, 0.3) is 0 Å². The van der Waals surface area contributed by atoms with E-state index in [1.165, 1.54) is 0 Å². The second-order valence-corrected chi connectivity index (χ2v) is 2.39. The highest BCUT2D eigenvalue weighted by atomic mass is 16.4. The van der Waals surface area contributed by atoms with Crippen LogP contribution in [0.15, 0.2) is 30.3 Å². The van der Waals surface area contributed by atoms with Gasteiger partial charge in [0.05, 0.1) is 6.42 Å². The fraction of sp³-hybridized carbons (Fsp3) is 0.111. The van der Waals surface area contributed by atoms with Crippen molar-refractivity contribution in [3.05, 3.63) is 35.9 Å². The first-order valence-corrected chi connectivity index (χ1v) is 3.76. The Labute approximate surface area is 80.8 Å². The average molecular weight is 197 g/mol.